The van der Waals surface area contributed by atoms with Crippen LogP contribution < -0.4 is 10.6 Å². The Hall–Kier alpha value is -2.62. The molecule has 160 valence electrons. The first kappa shape index (κ1) is 23.7. The van der Waals surface area contributed by atoms with Crippen molar-refractivity contribution in [3.05, 3.63) is 52.5 Å². The van der Waals surface area contributed by atoms with Gasteiger partial charge in [0.1, 0.15) is 0 Å². The highest BCUT2D eigenvalue weighted by Crippen LogP contribution is 2.29. The van der Waals surface area contributed by atoms with Crippen molar-refractivity contribution in [2.45, 2.75) is 18.2 Å². The van der Waals surface area contributed by atoms with Gasteiger partial charge in [-0.1, -0.05) is 29.3 Å². The molecule has 0 aromatic heterocycles. The molecule has 0 unspecified atom stereocenters. The fourth-order valence-electron chi connectivity index (χ4n) is 2.29. The molecule has 0 fully saturated rings. The number of nitrogens with one attached hydrogen (secondary N) is 2. The van der Waals surface area contributed by atoms with E-state index in [1.807, 2.05) is 0 Å². The van der Waals surface area contributed by atoms with Gasteiger partial charge in [0.25, 0.3) is 5.91 Å². The second-order valence-electron chi connectivity index (χ2n) is 6.08. The Morgan fingerprint density at radius 2 is 1.67 bits per heavy atom. The molecule has 2 amide bonds. The van der Waals surface area contributed by atoms with Gasteiger partial charge in [-0.25, -0.2) is 8.42 Å². The lowest BCUT2D eigenvalue weighted by atomic mass is 10.3. The van der Waals surface area contributed by atoms with Gasteiger partial charge in [0.05, 0.1) is 32.8 Å². The normalized spacial score (nSPS) is 10.9. The summed E-state index contributed by atoms with van der Waals surface area (Å²) in [6.45, 7) is 0.729. The third-order valence-electron chi connectivity index (χ3n) is 3.70. The Morgan fingerprint density at radius 1 is 1.00 bits per heavy atom. The first-order valence-corrected chi connectivity index (χ1v) is 11.0. The summed E-state index contributed by atoms with van der Waals surface area (Å²) in [5.41, 5.74) is 0.710. The minimum atomic E-state index is -3.74. The maximum absolute atomic E-state index is 12.3. The molecule has 11 heteroatoms. The molecule has 0 saturated heterocycles. The molecule has 0 radical (unpaired) electrons. The zero-order chi connectivity index (χ0) is 22.3. The van der Waals surface area contributed by atoms with E-state index in [1.165, 1.54) is 37.3 Å². The maximum Gasteiger partial charge on any atom is 0.307 e. The molecular formula is C19H18Cl2N2O6S. The quantitative estimate of drug-likeness (QED) is 0.568. The maximum atomic E-state index is 12.3. The van der Waals surface area contributed by atoms with Gasteiger partial charge in [-0.3, -0.25) is 14.4 Å². The third kappa shape index (κ3) is 7.01. The number of halogens is 2. The number of hydrogen-bond donors (Lipinski definition) is 2. The van der Waals surface area contributed by atoms with E-state index in [4.69, 9.17) is 27.9 Å². The summed E-state index contributed by atoms with van der Waals surface area (Å²) in [7, 11) is -3.74. The second-order valence-corrected chi connectivity index (χ2v) is 8.98. The second kappa shape index (κ2) is 10.4. The molecule has 0 saturated carbocycles. The van der Waals surface area contributed by atoms with Crippen LogP contribution in [0.15, 0.2) is 47.4 Å². The van der Waals surface area contributed by atoms with Crippen molar-refractivity contribution in [2.24, 2.45) is 0 Å². The van der Waals surface area contributed by atoms with E-state index < -0.39 is 40.5 Å². The van der Waals surface area contributed by atoms with Crippen molar-refractivity contribution in [1.29, 1.82) is 0 Å². The first-order valence-electron chi connectivity index (χ1n) is 8.58. The molecule has 0 aliphatic carbocycles. The molecule has 2 aromatic carbocycles. The van der Waals surface area contributed by atoms with Gasteiger partial charge in [-0.15, -0.1) is 0 Å². The molecule has 0 bridgehead atoms. The number of amides is 2. The van der Waals surface area contributed by atoms with Crippen LogP contribution in [0.4, 0.5) is 11.4 Å². The number of esters is 1. The summed E-state index contributed by atoms with van der Waals surface area (Å²) in [6, 6.07) is 10.2. The number of benzene rings is 2. The average molecular weight is 473 g/mol. The van der Waals surface area contributed by atoms with Gasteiger partial charge in [0.2, 0.25) is 5.91 Å². The van der Waals surface area contributed by atoms with E-state index in [2.05, 4.69) is 10.6 Å². The molecule has 0 aliphatic rings. The smallest absolute Gasteiger partial charge is 0.307 e. The minimum absolute atomic E-state index is 0.00209. The standard InChI is InChI=1S/C19H18Cl2N2O6S/c1-12(24)22-13-5-7-14(8-6-13)30(27,28)10-9-18(26)29-11-17(25)23-16-4-2-3-15(20)19(16)21/h2-8H,9-11H2,1H3,(H,22,24)(H,23,25). The SMILES string of the molecule is CC(=O)Nc1ccc(S(=O)(=O)CCC(=O)OCC(=O)Nc2cccc(Cl)c2Cl)cc1. The summed E-state index contributed by atoms with van der Waals surface area (Å²) in [4.78, 5) is 34.7. The Morgan fingerprint density at radius 3 is 2.30 bits per heavy atom. The van der Waals surface area contributed by atoms with Crippen LogP contribution in [-0.4, -0.2) is 38.6 Å². The zero-order valence-electron chi connectivity index (χ0n) is 15.8. The van der Waals surface area contributed by atoms with Gasteiger partial charge in [-0.05, 0) is 36.4 Å². The number of carbonyl (C=O) groups is 3. The zero-order valence-corrected chi connectivity index (χ0v) is 18.1. The highest BCUT2D eigenvalue weighted by molar-refractivity contribution is 7.91. The highest BCUT2D eigenvalue weighted by Gasteiger charge is 2.18. The monoisotopic (exact) mass is 472 g/mol. The molecule has 30 heavy (non-hydrogen) atoms. The van der Waals surface area contributed by atoms with E-state index in [0.717, 1.165) is 0 Å². The third-order valence-corrected chi connectivity index (χ3v) is 6.25. The van der Waals surface area contributed by atoms with Gasteiger partial charge in [0.15, 0.2) is 16.4 Å². The van der Waals surface area contributed by atoms with Crippen LogP contribution in [0.25, 0.3) is 0 Å². The van der Waals surface area contributed by atoms with Crippen LogP contribution in [0.2, 0.25) is 10.0 Å². The van der Waals surface area contributed by atoms with Crippen molar-refractivity contribution >= 4 is 62.2 Å². The van der Waals surface area contributed by atoms with Crippen molar-refractivity contribution in [2.75, 3.05) is 23.0 Å². The predicted octanol–water partition coefficient (Wildman–Crippen LogP) is 3.30. The molecule has 8 nitrogen and oxygen atoms in total. The van der Waals surface area contributed by atoms with E-state index >= 15 is 0 Å². The Balaban J connectivity index is 1.83. The van der Waals surface area contributed by atoms with Gasteiger partial charge in [0, 0.05) is 12.6 Å². The Labute approximate surface area is 183 Å². The van der Waals surface area contributed by atoms with Crippen LogP contribution in [0.1, 0.15) is 13.3 Å². The van der Waals surface area contributed by atoms with Gasteiger partial charge >= 0.3 is 5.97 Å². The lowest BCUT2D eigenvalue weighted by molar-refractivity contribution is -0.146. The first-order chi connectivity index (χ1) is 14.1. The molecular weight excluding hydrogens is 455 g/mol. The Kier molecular flexibility index (Phi) is 8.22. The van der Waals surface area contributed by atoms with Crippen LogP contribution in [0.3, 0.4) is 0 Å². The van der Waals surface area contributed by atoms with Crippen molar-refractivity contribution in [1.82, 2.24) is 0 Å². The van der Waals surface area contributed by atoms with Crippen LogP contribution in [0, 0.1) is 0 Å². The molecule has 2 aromatic rings. The van der Waals surface area contributed by atoms with Crippen molar-refractivity contribution in [3.63, 3.8) is 0 Å². The van der Waals surface area contributed by atoms with Gasteiger partial charge < -0.3 is 15.4 Å². The summed E-state index contributed by atoms with van der Waals surface area (Å²) >= 11 is 11.8. The molecule has 0 atom stereocenters. The number of ether oxygens (including phenoxy) is 1. The number of carbonyl (C=O) groups excluding carboxylic acids is 3. The molecule has 2 N–H and O–H groups in total. The minimum Gasteiger partial charge on any atom is -0.456 e. The van der Waals surface area contributed by atoms with Crippen molar-refractivity contribution < 1.29 is 27.5 Å². The average Bonchev–Trinajstić information content (AvgIpc) is 2.68. The van der Waals surface area contributed by atoms with E-state index in [0.29, 0.717) is 5.69 Å². The van der Waals surface area contributed by atoms with Gasteiger partial charge in [-0.2, -0.15) is 0 Å². The summed E-state index contributed by atoms with van der Waals surface area (Å²) in [5.74, 6) is -2.27. The molecule has 2 rings (SSSR count). The number of rotatable bonds is 8. The number of anilines is 2. The molecule has 0 spiro atoms. The van der Waals surface area contributed by atoms with Crippen LogP contribution >= 0.6 is 23.2 Å². The largest absolute Gasteiger partial charge is 0.456 e. The Bertz CT molecular complexity index is 1060. The molecule has 0 heterocycles. The summed E-state index contributed by atoms with van der Waals surface area (Å²) in [6.07, 6.45) is -0.430. The number of hydrogen-bond acceptors (Lipinski definition) is 6. The summed E-state index contributed by atoms with van der Waals surface area (Å²) in [5, 5.41) is 5.37. The highest BCUT2D eigenvalue weighted by atomic mass is 35.5. The molecule has 0 aliphatic heterocycles. The van der Waals surface area contributed by atoms with E-state index in [1.54, 1.807) is 12.1 Å². The number of sulfone groups is 1. The fourth-order valence-corrected chi connectivity index (χ4v) is 3.86. The van der Waals surface area contributed by atoms with Crippen molar-refractivity contribution in [3.8, 4) is 0 Å². The van der Waals surface area contributed by atoms with Crippen LogP contribution in [0.5, 0.6) is 0 Å². The topological polar surface area (TPSA) is 119 Å². The summed E-state index contributed by atoms with van der Waals surface area (Å²) < 4.78 is 29.4. The lowest BCUT2D eigenvalue weighted by Gasteiger charge is -2.09. The van der Waals surface area contributed by atoms with E-state index in [-0.39, 0.29) is 26.5 Å². The fraction of sp³-hybridized carbons (Fsp3) is 0.211. The lowest BCUT2D eigenvalue weighted by Crippen LogP contribution is -2.22. The van der Waals surface area contributed by atoms with Crippen LogP contribution in [-0.2, 0) is 29.0 Å². The van der Waals surface area contributed by atoms with E-state index in [9.17, 15) is 22.8 Å². The predicted molar refractivity (Wildman–Crippen MR) is 113 cm³/mol.